The number of hydrogen-bond donors (Lipinski definition) is 1. The Morgan fingerprint density at radius 3 is 2.86 bits per heavy atom. The van der Waals surface area contributed by atoms with Crippen molar-refractivity contribution in [3.8, 4) is 5.75 Å². The summed E-state index contributed by atoms with van der Waals surface area (Å²) in [4.78, 5) is 15.8. The highest BCUT2D eigenvalue weighted by molar-refractivity contribution is 7.14. The van der Waals surface area contributed by atoms with Crippen LogP contribution in [-0.2, 0) is 6.61 Å². The van der Waals surface area contributed by atoms with E-state index in [4.69, 9.17) is 9.15 Å². The van der Waals surface area contributed by atoms with E-state index in [2.05, 4.69) is 10.3 Å². The van der Waals surface area contributed by atoms with Gasteiger partial charge in [-0.1, -0.05) is 18.2 Å². The Morgan fingerprint density at radius 2 is 2.10 bits per heavy atom. The van der Waals surface area contributed by atoms with Gasteiger partial charge in [-0.25, -0.2) is 0 Å². The SMILES string of the molecule is O=C(Nc1cncs1)c1ccc(COc2ccccc2)o1. The highest BCUT2D eigenvalue weighted by Gasteiger charge is 2.12. The van der Waals surface area contributed by atoms with Gasteiger partial charge in [0, 0.05) is 0 Å². The van der Waals surface area contributed by atoms with Crippen molar-refractivity contribution in [2.24, 2.45) is 0 Å². The average Bonchev–Trinajstić information content (AvgIpc) is 3.17. The molecule has 5 nitrogen and oxygen atoms in total. The molecule has 6 heteroatoms. The zero-order valence-corrected chi connectivity index (χ0v) is 11.8. The van der Waals surface area contributed by atoms with E-state index < -0.39 is 0 Å². The molecule has 0 aliphatic carbocycles. The third-order valence-corrected chi connectivity index (χ3v) is 3.37. The lowest BCUT2D eigenvalue weighted by Crippen LogP contribution is -2.09. The third kappa shape index (κ3) is 3.49. The molecule has 0 saturated heterocycles. The zero-order valence-electron chi connectivity index (χ0n) is 11.0. The molecule has 2 aromatic heterocycles. The Balaban J connectivity index is 1.59. The van der Waals surface area contributed by atoms with Crippen LogP contribution in [0.2, 0.25) is 0 Å². The van der Waals surface area contributed by atoms with E-state index in [1.807, 2.05) is 30.3 Å². The minimum atomic E-state index is -0.301. The van der Waals surface area contributed by atoms with Crippen LogP contribution in [0.4, 0.5) is 5.00 Å². The number of carbonyl (C=O) groups excluding carboxylic acids is 1. The summed E-state index contributed by atoms with van der Waals surface area (Å²) in [6, 6.07) is 12.8. The van der Waals surface area contributed by atoms with Gasteiger partial charge in [0.15, 0.2) is 5.76 Å². The van der Waals surface area contributed by atoms with Gasteiger partial charge in [0.05, 0.1) is 11.7 Å². The fraction of sp³-hybridized carbons (Fsp3) is 0.0667. The summed E-state index contributed by atoms with van der Waals surface area (Å²) in [6.45, 7) is 0.276. The summed E-state index contributed by atoms with van der Waals surface area (Å²) in [5.41, 5.74) is 1.65. The number of amides is 1. The maximum absolute atomic E-state index is 11.9. The van der Waals surface area contributed by atoms with Gasteiger partial charge >= 0.3 is 0 Å². The standard InChI is InChI=1S/C15H12N2O3S/c18-15(17-14-8-16-10-21-14)13-7-6-12(20-13)9-19-11-4-2-1-3-5-11/h1-8,10H,9H2,(H,17,18). The van der Waals surface area contributed by atoms with Crippen LogP contribution in [0, 0.1) is 0 Å². The molecule has 106 valence electrons. The van der Waals surface area contributed by atoms with Gasteiger partial charge in [0.1, 0.15) is 23.1 Å². The molecule has 1 aromatic carbocycles. The van der Waals surface area contributed by atoms with Crippen molar-refractivity contribution in [2.45, 2.75) is 6.61 Å². The predicted molar refractivity (Wildman–Crippen MR) is 79.5 cm³/mol. The Hall–Kier alpha value is -2.60. The Morgan fingerprint density at radius 1 is 1.24 bits per heavy atom. The number of thiazole rings is 1. The number of carbonyl (C=O) groups is 1. The van der Waals surface area contributed by atoms with Crippen LogP contribution in [0.5, 0.6) is 5.75 Å². The lowest BCUT2D eigenvalue weighted by Gasteiger charge is -2.03. The number of nitrogens with one attached hydrogen (secondary N) is 1. The smallest absolute Gasteiger partial charge is 0.292 e. The first-order chi connectivity index (χ1) is 10.3. The minimum absolute atomic E-state index is 0.245. The van der Waals surface area contributed by atoms with E-state index in [0.717, 1.165) is 5.75 Å². The van der Waals surface area contributed by atoms with Crippen molar-refractivity contribution in [1.82, 2.24) is 4.98 Å². The number of benzene rings is 1. The van der Waals surface area contributed by atoms with Gasteiger partial charge in [0.25, 0.3) is 5.91 Å². The fourth-order valence-electron chi connectivity index (χ4n) is 1.70. The molecular weight excluding hydrogens is 288 g/mol. The molecule has 0 aliphatic rings. The largest absolute Gasteiger partial charge is 0.486 e. The molecule has 3 rings (SSSR count). The Labute approximate surface area is 125 Å². The summed E-state index contributed by atoms with van der Waals surface area (Å²) in [5, 5.41) is 3.39. The molecule has 2 heterocycles. The number of anilines is 1. The number of hydrogen-bond acceptors (Lipinski definition) is 5. The number of ether oxygens (including phenoxy) is 1. The maximum atomic E-state index is 11.9. The second-order valence-corrected chi connectivity index (χ2v) is 5.07. The monoisotopic (exact) mass is 300 g/mol. The van der Waals surface area contributed by atoms with Crippen LogP contribution in [-0.4, -0.2) is 10.9 Å². The lowest BCUT2D eigenvalue weighted by atomic mass is 10.3. The van der Waals surface area contributed by atoms with E-state index in [9.17, 15) is 4.79 Å². The first-order valence-corrected chi connectivity index (χ1v) is 7.15. The molecule has 21 heavy (non-hydrogen) atoms. The molecule has 0 radical (unpaired) electrons. The van der Waals surface area contributed by atoms with E-state index in [0.29, 0.717) is 10.8 Å². The quantitative estimate of drug-likeness (QED) is 0.782. The number of aromatic nitrogens is 1. The normalized spacial score (nSPS) is 10.3. The molecule has 1 N–H and O–H groups in total. The molecule has 1 amide bonds. The summed E-state index contributed by atoms with van der Waals surface area (Å²) >= 11 is 1.35. The van der Waals surface area contributed by atoms with Crippen LogP contribution in [0.3, 0.4) is 0 Å². The molecule has 3 aromatic rings. The Bertz CT molecular complexity index is 708. The topological polar surface area (TPSA) is 64.4 Å². The third-order valence-electron chi connectivity index (χ3n) is 2.68. The number of furan rings is 1. The van der Waals surface area contributed by atoms with E-state index in [-0.39, 0.29) is 18.3 Å². The van der Waals surface area contributed by atoms with Gasteiger partial charge in [-0.05, 0) is 24.3 Å². The molecule has 0 aliphatic heterocycles. The molecule has 0 unspecified atom stereocenters. The fourth-order valence-corrected chi connectivity index (χ4v) is 2.21. The predicted octanol–water partition coefficient (Wildman–Crippen LogP) is 3.57. The van der Waals surface area contributed by atoms with Crippen LogP contribution < -0.4 is 10.1 Å². The maximum Gasteiger partial charge on any atom is 0.292 e. The van der Waals surface area contributed by atoms with Crippen molar-refractivity contribution in [3.05, 3.63) is 65.7 Å². The van der Waals surface area contributed by atoms with E-state index in [1.54, 1.807) is 23.8 Å². The van der Waals surface area contributed by atoms with E-state index >= 15 is 0 Å². The van der Waals surface area contributed by atoms with Crippen LogP contribution in [0.15, 0.2) is 58.6 Å². The van der Waals surface area contributed by atoms with Crippen molar-refractivity contribution in [1.29, 1.82) is 0 Å². The highest BCUT2D eigenvalue weighted by Crippen LogP contribution is 2.17. The van der Waals surface area contributed by atoms with Gasteiger partial charge in [-0.15, -0.1) is 11.3 Å². The zero-order chi connectivity index (χ0) is 14.5. The summed E-state index contributed by atoms with van der Waals surface area (Å²) in [7, 11) is 0. The highest BCUT2D eigenvalue weighted by atomic mass is 32.1. The van der Waals surface area contributed by atoms with Gasteiger partial charge < -0.3 is 14.5 Å². The molecular formula is C15H12N2O3S. The van der Waals surface area contributed by atoms with Gasteiger partial charge in [-0.2, -0.15) is 0 Å². The van der Waals surface area contributed by atoms with Crippen LogP contribution in [0.1, 0.15) is 16.3 Å². The van der Waals surface area contributed by atoms with Crippen molar-refractivity contribution in [2.75, 3.05) is 5.32 Å². The van der Waals surface area contributed by atoms with Crippen molar-refractivity contribution < 1.29 is 13.9 Å². The molecule has 0 saturated carbocycles. The van der Waals surface area contributed by atoms with Gasteiger partial charge in [0.2, 0.25) is 0 Å². The number of para-hydroxylation sites is 1. The summed E-state index contributed by atoms with van der Waals surface area (Å²) in [6.07, 6.45) is 1.59. The van der Waals surface area contributed by atoms with Crippen LogP contribution in [0.25, 0.3) is 0 Å². The lowest BCUT2D eigenvalue weighted by molar-refractivity contribution is 0.0993. The number of nitrogens with zero attached hydrogens (tertiary/aromatic N) is 1. The summed E-state index contributed by atoms with van der Waals surface area (Å²) in [5.74, 6) is 1.29. The average molecular weight is 300 g/mol. The number of rotatable bonds is 5. The molecule has 0 spiro atoms. The second kappa shape index (κ2) is 6.23. The van der Waals surface area contributed by atoms with E-state index in [1.165, 1.54) is 11.3 Å². The first kappa shape index (κ1) is 13.4. The van der Waals surface area contributed by atoms with Crippen molar-refractivity contribution >= 4 is 22.2 Å². The van der Waals surface area contributed by atoms with Crippen LogP contribution >= 0.6 is 11.3 Å². The second-order valence-electron chi connectivity index (χ2n) is 4.19. The minimum Gasteiger partial charge on any atom is -0.486 e. The molecule has 0 bridgehead atoms. The Kier molecular flexibility index (Phi) is 3.97. The molecule has 0 fully saturated rings. The first-order valence-electron chi connectivity index (χ1n) is 6.27. The summed E-state index contributed by atoms with van der Waals surface area (Å²) < 4.78 is 11.0. The molecule has 0 atom stereocenters. The van der Waals surface area contributed by atoms with Gasteiger partial charge in [-0.3, -0.25) is 9.78 Å². The van der Waals surface area contributed by atoms with Crippen molar-refractivity contribution in [3.63, 3.8) is 0 Å².